The number of hydrogen-bond acceptors (Lipinski definition) is 3. The maximum atomic E-state index is 8.74. The van der Waals surface area contributed by atoms with Crippen molar-refractivity contribution in [3.8, 4) is 6.19 Å². The van der Waals surface area contributed by atoms with E-state index in [1.165, 1.54) is 25.9 Å². The Morgan fingerprint density at radius 2 is 1.79 bits per heavy atom. The van der Waals surface area contributed by atoms with Crippen LogP contribution in [0.5, 0.6) is 0 Å². The molecule has 2 heterocycles. The van der Waals surface area contributed by atoms with Gasteiger partial charge < -0.3 is 9.80 Å². The smallest absolute Gasteiger partial charge is 0.179 e. The third kappa shape index (κ3) is 2.19. The van der Waals surface area contributed by atoms with E-state index in [1.54, 1.807) is 0 Å². The van der Waals surface area contributed by atoms with Crippen LogP contribution in [0.4, 0.5) is 0 Å². The molecule has 0 aromatic carbocycles. The fourth-order valence-electron chi connectivity index (χ4n) is 2.51. The van der Waals surface area contributed by atoms with Crippen LogP contribution < -0.4 is 0 Å². The van der Waals surface area contributed by atoms with E-state index in [1.807, 2.05) is 18.7 Å². The van der Waals surface area contributed by atoms with E-state index < -0.39 is 0 Å². The molecule has 1 spiro atoms. The Kier molecular flexibility index (Phi) is 3.77. The number of rotatable bonds is 0. The van der Waals surface area contributed by atoms with Crippen LogP contribution in [-0.2, 0) is 0 Å². The lowest BCUT2D eigenvalue weighted by atomic mass is 9.86. The van der Waals surface area contributed by atoms with Gasteiger partial charge in [0.05, 0.1) is 0 Å². The summed E-state index contributed by atoms with van der Waals surface area (Å²) in [7, 11) is 2.17. The Morgan fingerprint density at radius 3 is 2.21 bits per heavy atom. The number of hydrogen-bond donors (Lipinski definition) is 0. The molecule has 0 amide bonds. The van der Waals surface area contributed by atoms with E-state index in [-0.39, 0.29) is 0 Å². The van der Waals surface area contributed by atoms with Gasteiger partial charge in [0, 0.05) is 25.0 Å². The maximum absolute atomic E-state index is 8.74. The Balaban J connectivity index is 0.000000461. The van der Waals surface area contributed by atoms with Crippen molar-refractivity contribution in [3.63, 3.8) is 0 Å². The van der Waals surface area contributed by atoms with Gasteiger partial charge in [-0.3, -0.25) is 0 Å². The number of likely N-dealkylation sites (tertiary alicyclic amines) is 2. The van der Waals surface area contributed by atoms with Gasteiger partial charge in [0.2, 0.25) is 0 Å². The lowest BCUT2D eigenvalue weighted by Gasteiger charge is -2.21. The standard InChI is InChI=1S/C9H15N3.C2H6/c1-11-4-2-9(6-11)3-5-12(7-9)8-10;1-2/h2-7H2,1H3;1-2H3. The van der Waals surface area contributed by atoms with Crippen molar-refractivity contribution in [1.29, 1.82) is 5.26 Å². The van der Waals surface area contributed by atoms with Gasteiger partial charge in [-0.1, -0.05) is 13.8 Å². The van der Waals surface area contributed by atoms with Crippen molar-refractivity contribution in [3.05, 3.63) is 0 Å². The van der Waals surface area contributed by atoms with Gasteiger partial charge in [-0.2, -0.15) is 5.26 Å². The van der Waals surface area contributed by atoms with Crippen molar-refractivity contribution < 1.29 is 0 Å². The van der Waals surface area contributed by atoms with Crippen LogP contribution in [0, 0.1) is 16.9 Å². The summed E-state index contributed by atoms with van der Waals surface area (Å²) in [4.78, 5) is 4.28. The normalized spacial score (nSPS) is 31.4. The van der Waals surface area contributed by atoms with Crippen LogP contribution in [-0.4, -0.2) is 43.0 Å². The van der Waals surface area contributed by atoms with Crippen LogP contribution in [0.25, 0.3) is 0 Å². The molecule has 0 N–H and O–H groups in total. The zero-order valence-corrected chi connectivity index (χ0v) is 9.58. The highest BCUT2D eigenvalue weighted by atomic mass is 15.2. The van der Waals surface area contributed by atoms with Crippen LogP contribution in [0.1, 0.15) is 26.7 Å². The summed E-state index contributed by atoms with van der Waals surface area (Å²) in [5, 5.41) is 8.74. The number of nitriles is 1. The Hall–Kier alpha value is -0.750. The van der Waals surface area contributed by atoms with Crippen molar-refractivity contribution in [2.24, 2.45) is 5.41 Å². The SMILES string of the molecule is CC.CN1CCC2(CCN(C#N)C2)C1. The van der Waals surface area contributed by atoms with Gasteiger partial charge in [-0.15, -0.1) is 0 Å². The van der Waals surface area contributed by atoms with Crippen LogP contribution in [0.2, 0.25) is 0 Å². The summed E-state index contributed by atoms with van der Waals surface area (Å²) in [5.41, 5.74) is 0.463. The molecule has 2 aliphatic rings. The highest BCUT2D eigenvalue weighted by Gasteiger charge is 2.42. The molecule has 3 nitrogen and oxygen atoms in total. The topological polar surface area (TPSA) is 30.3 Å². The van der Waals surface area contributed by atoms with E-state index in [0.717, 1.165) is 13.1 Å². The first-order valence-electron chi connectivity index (χ1n) is 5.57. The van der Waals surface area contributed by atoms with Crippen LogP contribution in [0.15, 0.2) is 0 Å². The van der Waals surface area contributed by atoms with Gasteiger partial charge in [0.25, 0.3) is 0 Å². The molecule has 1 atom stereocenters. The van der Waals surface area contributed by atoms with E-state index in [9.17, 15) is 0 Å². The lowest BCUT2D eigenvalue weighted by Crippen LogP contribution is -2.27. The van der Waals surface area contributed by atoms with Gasteiger partial charge in [0.1, 0.15) is 0 Å². The average Bonchev–Trinajstić information content (AvgIpc) is 2.78. The van der Waals surface area contributed by atoms with Crippen molar-refractivity contribution in [2.45, 2.75) is 26.7 Å². The molecular formula is C11H21N3. The molecule has 14 heavy (non-hydrogen) atoms. The first-order valence-corrected chi connectivity index (χ1v) is 5.57. The molecule has 2 rings (SSSR count). The van der Waals surface area contributed by atoms with Crippen molar-refractivity contribution >= 4 is 0 Å². The minimum absolute atomic E-state index is 0.463. The van der Waals surface area contributed by atoms with E-state index in [4.69, 9.17) is 5.26 Å². The fourth-order valence-corrected chi connectivity index (χ4v) is 2.51. The third-order valence-corrected chi connectivity index (χ3v) is 3.21. The Morgan fingerprint density at radius 1 is 1.14 bits per heavy atom. The van der Waals surface area contributed by atoms with Crippen LogP contribution >= 0.6 is 0 Å². The van der Waals surface area contributed by atoms with Crippen LogP contribution in [0.3, 0.4) is 0 Å². The molecule has 0 aliphatic carbocycles. The molecule has 0 aromatic rings. The molecule has 0 bridgehead atoms. The molecule has 0 radical (unpaired) electrons. The second-order valence-electron chi connectivity index (χ2n) is 4.26. The minimum atomic E-state index is 0.463. The van der Waals surface area contributed by atoms with E-state index in [0.29, 0.717) is 5.41 Å². The first kappa shape index (κ1) is 11.3. The highest BCUT2D eigenvalue weighted by Crippen LogP contribution is 2.38. The summed E-state index contributed by atoms with van der Waals surface area (Å²) in [5.74, 6) is 0. The van der Waals surface area contributed by atoms with Crippen molar-refractivity contribution in [2.75, 3.05) is 33.2 Å². The second-order valence-corrected chi connectivity index (χ2v) is 4.26. The summed E-state index contributed by atoms with van der Waals surface area (Å²) in [6.07, 6.45) is 4.74. The predicted octanol–water partition coefficient (Wildman–Crippen LogP) is 1.52. The zero-order chi connectivity index (χ0) is 10.6. The second kappa shape index (κ2) is 4.65. The molecule has 0 saturated carbocycles. The predicted molar refractivity (Wildman–Crippen MR) is 57.7 cm³/mol. The molecule has 3 heteroatoms. The number of nitrogens with zero attached hydrogens (tertiary/aromatic N) is 3. The van der Waals surface area contributed by atoms with E-state index in [2.05, 4.69) is 18.1 Å². The maximum Gasteiger partial charge on any atom is 0.179 e. The fraction of sp³-hybridized carbons (Fsp3) is 0.909. The first-order chi connectivity index (χ1) is 6.74. The van der Waals surface area contributed by atoms with Gasteiger partial charge >= 0.3 is 0 Å². The summed E-state index contributed by atoms with van der Waals surface area (Å²) < 4.78 is 0. The monoisotopic (exact) mass is 195 g/mol. The molecule has 2 fully saturated rings. The van der Waals surface area contributed by atoms with E-state index >= 15 is 0 Å². The third-order valence-electron chi connectivity index (χ3n) is 3.21. The summed E-state index contributed by atoms with van der Waals surface area (Å²) in [6, 6.07) is 0. The van der Waals surface area contributed by atoms with Crippen molar-refractivity contribution in [1.82, 2.24) is 9.80 Å². The molecule has 1 unspecified atom stereocenters. The minimum Gasteiger partial charge on any atom is -0.310 e. The summed E-state index contributed by atoms with van der Waals surface area (Å²) in [6.45, 7) is 8.36. The molecule has 0 aromatic heterocycles. The highest BCUT2D eigenvalue weighted by molar-refractivity contribution is 4.99. The molecule has 2 saturated heterocycles. The molecular weight excluding hydrogens is 174 g/mol. The zero-order valence-electron chi connectivity index (χ0n) is 9.58. The quantitative estimate of drug-likeness (QED) is 0.549. The lowest BCUT2D eigenvalue weighted by molar-refractivity contribution is 0.289. The molecule has 80 valence electrons. The summed E-state index contributed by atoms with van der Waals surface area (Å²) >= 11 is 0. The molecule has 2 aliphatic heterocycles. The average molecular weight is 195 g/mol. The Bertz CT molecular complexity index is 221. The van der Waals surface area contributed by atoms with Gasteiger partial charge in [-0.05, 0) is 26.4 Å². The van der Waals surface area contributed by atoms with Gasteiger partial charge in [-0.25, -0.2) is 0 Å². The largest absolute Gasteiger partial charge is 0.310 e. The Labute approximate surface area is 87.3 Å². The van der Waals surface area contributed by atoms with Gasteiger partial charge in [0.15, 0.2) is 6.19 Å².